The maximum atomic E-state index is 10.4. The lowest BCUT2D eigenvalue weighted by atomic mass is 10.2. The van der Waals surface area contributed by atoms with Gasteiger partial charge in [0.2, 0.25) is 0 Å². The summed E-state index contributed by atoms with van der Waals surface area (Å²) in [6.45, 7) is 5.72. The third-order valence-electron chi connectivity index (χ3n) is 1.09. The van der Waals surface area contributed by atoms with Crippen molar-refractivity contribution in [2.75, 3.05) is 0 Å². The predicted molar refractivity (Wildman–Crippen MR) is 52.9 cm³/mol. The third kappa shape index (κ3) is 2.97. The molecule has 0 N–H and O–H groups in total. The van der Waals surface area contributed by atoms with Crippen molar-refractivity contribution in [1.82, 2.24) is 4.98 Å². The molecule has 0 aromatic carbocycles. The molecule has 5 heteroatoms. The first kappa shape index (κ1) is 10.5. The summed E-state index contributed by atoms with van der Waals surface area (Å²) >= 11 is 6.82. The van der Waals surface area contributed by atoms with Gasteiger partial charge in [-0.25, -0.2) is 0 Å². The van der Waals surface area contributed by atoms with Crippen LogP contribution in [0.2, 0.25) is 5.15 Å². The van der Waals surface area contributed by atoms with Gasteiger partial charge in [0.25, 0.3) is 5.19 Å². The van der Waals surface area contributed by atoms with E-state index in [9.17, 15) is 4.79 Å². The van der Waals surface area contributed by atoms with Gasteiger partial charge in [-0.15, -0.1) is 0 Å². The van der Waals surface area contributed by atoms with E-state index < -0.39 is 0 Å². The Labute approximate surface area is 85.7 Å². The first-order valence-corrected chi connectivity index (χ1v) is 4.92. The van der Waals surface area contributed by atoms with Crippen molar-refractivity contribution in [2.45, 2.75) is 26.4 Å². The summed E-state index contributed by atoms with van der Waals surface area (Å²) in [5, 5.41) is 0.638. The molecule has 0 saturated carbocycles. The monoisotopic (exact) mass is 219 g/mol. The van der Waals surface area contributed by atoms with Crippen LogP contribution < -0.4 is 4.74 Å². The minimum atomic E-state index is -0.318. The fourth-order valence-corrected chi connectivity index (χ4v) is 1.75. The number of carbonyl (C=O) groups is 1. The van der Waals surface area contributed by atoms with E-state index in [-0.39, 0.29) is 10.8 Å². The first-order valence-electron chi connectivity index (χ1n) is 3.73. The third-order valence-corrected chi connectivity index (χ3v) is 2.35. The van der Waals surface area contributed by atoms with E-state index in [1.54, 1.807) is 0 Å². The highest BCUT2D eigenvalue weighted by Crippen LogP contribution is 2.29. The van der Waals surface area contributed by atoms with Crippen LogP contribution in [-0.2, 0) is 0 Å². The highest BCUT2D eigenvalue weighted by molar-refractivity contribution is 7.15. The Morgan fingerprint density at radius 2 is 2.15 bits per heavy atom. The second kappa shape index (κ2) is 3.64. The number of thiazole rings is 1. The smallest absolute Gasteiger partial charge is 0.275 e. The second-order valence-electron chi connectivity index (χ2n) is 3.47. The molecule has 0 aliphatic carbocycles. The number of nitrogens with zero attached hydrogens (tertiary/aromatic N) is 1. The van der Waals surface area contributed by atoms with Crippen molar-refractivity contribution in [3.63, 3.8) is 0 Å². The summed E-state index contributed by atoms with van der Waals surface area (Å²) < 4.78 is 5.43. The molecule has 0 radical (unpaired) electrons. The van der Waals surface area contributed by atoms with Gasteiger partial charge in [-0.1, -0.05) is 22.9 Å². The lowest BCUT2D eigenvalue weighted by molar-refractivity contribution is 0.112. The van der Waals surface area contributed by atoms with Crippen LogP contribution in [0.25, 0.3) is 0 Å². The summed E-state index contributed by atoms with van der Waals surface area (Å²) in [6, 6.07) is 0. The number of carbonyl (C=O) groups excluding carboxylic acids is 1. The summed E-state index contributed by atoms with van der Waals surface area (Å²) in [4.78, 5) is 14.7. The molecule has 1 aromatic rings. The van der Waals surface area contributed by atoms with E-state index in [1.807, 2.05) is 20.8 Å². The molecule has 0 bridgehead atoms. The van der Waals surface area contributed by atoms with E-state index in [2.05, 4.69) is 4.98 Å². The van der Waals surface area contributed by atoms with Gasteiger partial charge in [-0.05, 0) is 20.8 Å². The average Bonchev–Trinajstić information content (AvgIpc) is 2.26. The number of halogens is 1. The molecule has 0 amide bonds. The van der Waals surface area contributed by atoms with Gasteiger partial charge in [0.1, 0.15) is 10.5 Å². The molecule has 72 valence electrons. The molecule has 1 heterocycles. The van der Waals surface area contributed by atoms with Crippen LogP contribution in [0, 0.1) is 0 Å². The molecule has 1 rings (SSSR count). The van der Waals surface area contributed by atoms with Crippen LogP contribution in [0.5, 0.6) is 5.19 Å². The minimum absolute atomic E-state index is 0.208. The van der Waals surface area contributed by atoms with Gasteiger partial charge >= 0.3 is 0 Å². The van der Waals surface area contributed by atoms with E-state index in [4.69, 9.17) is 16.3 Å². The average molecular weight is 220 g/mol. The Morgan fingerprint density at radius 3 is 2.54 bits per heavy atom. The normalized spacial score (nSPS) is 11.4. The topological polar surface area (TPSA) is 39.2 Å². The number of rotatable bonds is 2. The standard InChI is InChI=1S/C8H10ClNO2S/c1-8(2,3)12-7-10-6(9)5(4-11)13-7/h4H,1-3H3. The van der Waals surface area contributed by atoms with Crippen molar-refractivity contribution < 1.29 is 9.53 Å². The number of aromatic nitrogens is 1. The van der Waals surface area contributed by atoms with E-state index in [0.717, 1.165) is 11.3 Å². The predicted octanol–water partition coefficient (Wildman–Crippen LogP) is 2.79. The summed E-state index contributed by atoms with van der Waals surface area (Å²) in [6.07, 6.45) is 0.676. The Morgan fingerprint density at radius 1 is 1.54 bits per heavy atom. The van der Waals surface area contributed by atoms with Crippen LogP contribution in [0.4, 0.5) is 0 Å². The molecular weight excluding hydrogens is 210 g/mol. The van der Waals surface area contributed by atoms with Crippen molar-refractivity contribution in [3.05, 3.63) is 10.0 Å². The van der Waals surface area contributed by atoms with Gasteiger partial charge < -0.3 is 4.74 Å². The molecule has 3 nitrogen and oxygen atoms in total. The lowest BCUT2D eigenvalue weighted by Gasteiger charge is -2.18. The maximum Gasteiger partial charge on any atom is 0.275 e. The zero-order valence-corrected chi connectivity index (χ0v) is 9.20. The fourth-order valence-electron chi connectivity index (χ4n) is 0.673. The molecule has 13 heavy (non-hydrogen) atoms. The van der Waals surface area contributed by atoms with Gasteiger partial charge in [0.05, 0.1) is 0 Å². The lowest BCUT2D eigenvalue weighted by Crippen LogP contribution is -2.22. The van der Waals surface area contributed by atoms with Crippen molar-refractivity contribution in [3.8, 4) is 5.19 Å². The molecule has 0 saturated heterocycles. The summed E-state index contributed by atoms with van der Waals surface area (Å²) in [5.74, 6) is 0. The van der Waals surface area contributed by atoms with Crippen LogP contribution in [0.1, 0.15) is 30.4 Å². The van der Waals surface area contributed by atoms with Crippen LogP contribution in [-0.4, -0.2) is 16.9 Å². The number of aldehydes is 1. The quantitative estimate of drug-likeness (QED) is 0.718. The van der Waals surface area contributed by atoms with E-state index in [0.29, 0.717) is 16.4 Å². The molecule has 0 atom stereocenters. The molecular formula is C8H10ClNO2S. The van der Waals surface area contributed by atoms with Crippen LogP contribution >= 0.6 is 22.9 Å². The Kier molecular flexibility index (Phi) is 2.93. The Bertz CT molecular complexity index is 316. The number of hydrogen-bond acceptors (Lipinski definition) is 4. The highest BCUT2D eigenvalue weighted by Gasteiger charge is 2.16. The summed E-state index contributed by atoms with van der Waals surface area (Å²) in [7, 11) is 0. The van der Waals surface area contributed by atoms with Crippen LogP contribution in [0.3, 0.4) is 0 Å². The van der Waals surface area contributed by atoms with Crippen molar-refractivity contribution >= 4 is 29.2 Å². The number of ether oxygens (including phenoxy) is 1. The number of hydrogen-bond donors (Lipinski definition) is 0. The molecule has 0 aliphatic rings. The second-order valence-corrected chi connectivity index (χ2v) is 4.82. The molecule has 0 spiro atoms. The van der Waals surface area contributed by atoms with Crippen LogP contribution in [0.15, 0.2) is 0 Å². The SMILES string of the molecule is CC(C)(C)Oc1nc(Cl)c(C=O)s1. The molecule has 0 unspecified atom stereocenters. The van der Waals surface area contributed by atoms with Crippen molar-refractivity contribution in [2.24, 2.45) is 0 Å². The largest absolute Gasteiger partial charge is 0.464 e. The molecule has 1 aromatic heterocycles. The zero-order chi connectivity index (χ0) is 10.1. The summed E-state index contributed by atoms with van der Waals surface area (Å²) in [5.41, 5.74) is -0.318. The zero-order valence-electron chi connectivity index (χ0n) is 7.63. The molecule has 0 aliphatic heterocycles. The highest BCUT2D eigenvalue weighted by atomic mass is 35.5. The minimum Gasteiger partial charge on any atom is -0.464 e. The molecule has 0 fully saturated rings. The first-order chi connectivity index (χ1) is 5.92. The Hall–Kier alpha value is -0.610. The Balaban J connectivity index is 2.85. The van der Waals surface area contributed by atoms with Gasteiger partial charge in [-0.2, -0.15) is 4.98 Å². The van der Waals surface area contributed by atoms with E-state index >= 15 is 0 Å². The maximum absolute atomic E-state index is 10.4. The fraction of sp³-hybridized carbons (Fsp3) is 0.500. The van der Waals surface area contributed by atoms with Gasteiger partial charge in [-0.3, -0.25) is 4.79 Å². The van der Waals surface area contributed by atoms with E-state index in [1.165, 1.54) is 0 Å². The van der Waals surface area contributed by atoms with Gasteiger partial charge in [0.15, 0.2) is 11.4 Å². The van der Waals surface area contributed by atoms with Gasteiger partial charge in [0, 0.05) is 0 Å². The van der Waals surface area contributed by atoms with Crippen molar-refractivity contribution in [1.29, 1.82) is 0 Å².